The summed E-state index contributed by atoms with van der Waals surface area (Å²) in [6.07, 6.45) is 3.76. The van der Waals surface area contributed by atoms with Gasteiger partial charge in [-0.1, -0.05) is 42.5 Å². The van der Waals surface area contributed by atoms with Crippen molar-refractivity contribution in [1.29, 1.82) is 0 Å². The van der Waals surface area contributed by atoms with Crippen molar-refractivity contribution in [2.24, 2.45) is 0 Å². The highest BCUT2D eigenvalue weighted by Gasteiger charge is 1.94. The molecule has 0 aliphatic rings. The Morgan fingerprint density at radius 2 is 1.56 bits per heavy atom. The van der Waals surface area contributed by atoms with Crippen molar-refractivity contribution in [3.8, 4) is 5.75 Å². The standard InChI is InChI=1S/C14H13NO/c16-14-9-5-4-8-13(14)15-11-10-12-6-2-1-3-7-12/h1-11,15-16H. The summed E-state index contributed by atoms with van der Waals surface area (Å²) in [6, 6.07) is 17.1. The van der Waals surface area contributed by atoms with Gasteiger partial charge < -0.3 is 10.4 Å². The van der Waals surface area contributed by atoms with Crippen LogP contribution in [-0.2, 0) is 0 Å². The van der Waals surface area contributed by atoms with Gasteiger partial charge in [-0.25, -0.2) is 0 Å². The van der Waals surface area contributed by atoms with E-state index in [0.29, 0.717) is 5.69 Å². The maximum atomic E-state index is 9.51. The number of aromatic hydroxyl groups is 1. The Kier molecular flexibility index (Phi) is 3.24. The van der Waals surface area contributed by atoms with Gasteiger partial charge >= 0.3 is 0 Å². The molecule has 0 saturated heterocycles. The van der Waals surface area contributed by atoms with Crippen LogP contribution in [0.5, 0.6) is 5.75 Å². The first-order chi connectivity index (χ1) is 7.86. The number of para-hydroxylation sites is 2. The molecule has 16 heavy (non-hydrogen) atoms. The normalized spacial score (nSPS) is 10.5. The van der Waals surface area contributed by atoms with Crippen LogP contribution in [0.25, 0.3) is 6.08 Å². The minimum atomic E-state index is 0.250. The van der Waals surface area contributed by atoms with E-state index in [2.05, 4.69) is 5.32 Å². The number of hydrogen-bond donors (Lipinski definition) is 2. The Balaban J connectivity index is 2.03. The van der Waals surface area contributed by atoms with Crippen molar-refractivity contribution in [3.63, 3.8) is 0 Å². The van der Waals surface area contributed by atoms with Gasteiger partial charge in [0, 0.05) is 6.20 Å². The summed E-state index contributed by atoms with van der Waals surface area (Å²) in [5.74, 6) is 0.250. The first kappa shape index (κ1) is 10.3. The van der Waals surface area contributed by atoms with Crippen LogP contribution in [0.2, 0.25) is 0 Å². The molecular formula is C14H13NO. The minimum Gasteiger partial charge on any atom is -0.506 e. The summed E-state index contributed by atoms with van der Waals surface area (Å²) in [4.78, 5) is 0. The molecule has 0 aliphatic heterocycles. The van der Waals surface area contributed by atoms with Crippen LogP contribution in [0.1, 0.15) is 5.56 Å². The average molecular weight is 211 g/mol. The molecule has 0 radical (unpaired) electrons. The van der Waals surface area contributed by atoms with Gasteiger partial charge in [-0.3, -0.25) is 0 Å². The fraction of sp³-hybridized carbons (Fsp3) is 0. The summed E-state index contributed by atoms with van der Waals surface area (Å²) < 4.78 is 0. The molecule has 0 unspecified atom stereocenters. The first-order valence-electron chi connectivity index (χ1n) is 5.12. The Bertz CT molecular complexity index is 477. The van der Waals surface area contributed by atoms with Gasteiger partial charge in [0.15, 0.2) is 0 Å². The summed E-state index contributed by atoms with van der Waals surface area (Å²) in [6.45, 7) is 0. The zero-order valence-corrected chi connectivity index (χ0v) is 8.80. The molecule has 0 amide bonds. The number of benzene rings is 2. The molecule has 0 aromatic heterocycles. The van der Waals surface area contributed by atoms with E-state index in [9.17, 15) is 5.11 Å². The summed E-state index contributed by atoms with van der Waals surface area (Å²) in [5.41, 5.74) is 1.82. The molecule has 0 fully saturated rings. The second kappa shape index (κ2) is 5.03. The predicted octanol–water partition coefficient (Wildman–Crippen LogP) is 3.48. The third-order valence-corrected chi connectivity index (χ3v) is 2.22. The molecule has 0 spiro atoms. The van der Waals surface area contributed by atoms with E-state index in [4.69, 9.17) is 0 Å². The topological polar surface area (TPSA) is 32.3 Å². The van der Waals surface area contributed by atoms with Crippen molar-refractivity contribution in [2.75, 3.05) is 5.32 Å². The Morgan fingerprint density at radius 1 is 0.875 bits per heavy atom. The monoisotopic (exact) mass is 211 g/mol. The maximum Gasteiger partial charge on any atom is 0.138 e. The number of nitrogens with one attached hydrogen (secondary N) is 1. The first-order valence-corrected chi connectivity index (χ1v) is 5.12. The van der Waals surface area contributed by atoms with Crippen LogP contribution in [0, 0.1) is 0 Å². The zero-order valence-electron chi connectivity index (χ0n) is 8.80. The largest absolute Gasteiger partial charge is 0.506 e. The number of hydrogen-bond acceptors (Lipinski definition) is 2. The van der Waals surface area contributed by atoms with Crippen LogP contribution in [-0.4, -0.2) is 5.11 Å². The van der Waals surface area contributed by atoms with E-state index in [-0.39, 0.29) is 5.75 Å². The fourth-order valence-electron chi connectivity index (χ4n) is 1.39. The van der Waals surface area contributed by atoms with E-state index >= 15 is 0 Å². The molecule has 0 bridgehead atoms. The maximum absolute atomic E-state index is 9.51. The van der Waals surface area contributed by atoms with Gasteiger partial charge in [0.1, 0.15) is 5.75 Å². The lowest BCUT2D eigenvalue weighted by molar-refractivity contribution is 0.478. The molecule has 2 nitrogen and oxygen atoms in total. The average Bonchev–Trinajstić information content (AvgIpc) is 2.33. The molecule has 2 N–H and O–H groups in total. The molecule has 0 saturated carbocycles. The molecule has 0 atom stereocenters. The molecule has 2 heteroatoms. The van der Waals surface area contributed by atoms with Crippen LogP contribution in [0.3, 0.4) is 0 Å². The minimum absolute atomic E-state index is 0.250. The lowest BCUT2D eigenvalue weighted by atomic mass is 10.2. The molecule has 2 aromatic carbocycles. The third kappa shape index (κ3) is 2.64. The Labute approximate surface area is 94.9 Å². The highest BCUT2D eigenvalue weighted by Crippen LogP contribution is 2.21. The summed E-state index contributed by atoms with van der Waals surface area (Å²) >= 11 is 0. The van der Waals surface area contributed by atoms with Crippen LogP contribution in [0.4, 0.5) is 5.69 Å². The lowest BCUT2D eigenvalue weighted by Crippen LogP contribution is -1.86. The number of phenols is 1. The number of anilines is 1. The molecule has 80 valence electrons. The van der Waals surface area contributed by atoms with Crippen molar-refractivity contribution in [2.45, 2.75) is 0 Å². The third-order valence-electron chi connectivity index (χ3n) is 2.22. The molecule has 2 aromatic rings. The predicted molar refractivity (Wildman–Crippen MR) is 67.2 cm³/mol. The van der Waals surface area contributed by atoms with E-state index in [0.717, 1.165) is 5.56 Å². The Hall–Kier alpha value is -2.22. The van der Waals surface area contributed by atoms with Crippen molar-refractivity contribution >= 4 is 11.8 Å². The van der Waals surface area contributed by atoms with Crippen molar-refractivity contribution in [3.05, 3.63) is 66.4 Å². The lowest BCUT2D eigenvalue weighted by Gasteiger charge is -2.02. The second-order valence-corrected chi connectivity index (χ2v) is 3.41. The summed E-state index contributed by atoms with van der Waals surface area (Å²) in [7, 11) is 0. The van der Waals surface area contributed by atoms with Crippen LogP contribution >= 0.6 is 0 Å². The van der Waals surface area contributed by atoms with E-state index in [1.165, 1.54) is 0 Å². The molecular weight excluding hydrogens is 198 g/mol. The van der Waals surface area contributed by atoms with Gasteiger partial charge in [0.25, 0.3) is 0 Å². The van der Waals surface area contributed by atoms with Gasteiger partial charge in [-0.2, -0.15) is 0 Å². The zero-order chi connectivity index (χ0) is 11.2. The number of rotatable bonds is 3. The van der Waals surface area contributed by atoms with E-state index < -0.39 is 0 Å². The summed E-state index contributed by atoms with van der Waals surface area (Å²) in [5, 5.41) is 12.5. The van der Waals surface area contributed by atoms with Crippen molar-refractivity contribution < 1.29 is 5.11 Å². The van der Waals surface area contributed by atoms with Gasteiger partial charge in [-0.05, 0) is 23.8 Å². The quantitative estimate of drug-likeness (QED) is 0.762. The molecule has 2 rings (SSSR count). The van der Waals surface area contributed by atoms with Crippen LogP contribution < -0.4 is 5.32 Å². The fourth-order valence-corrected chi connectivity index (χ4v) is 1.39. The van der Waals surface area contributed by atoms with Gasteiger partial charge in [0.05, 0.1) is 5.69 Å². The SMILES string of the molecule is Oc1ccccc1NC=Cc1ccccc1. The van der Waals surface area contributed by atoms with Crippen molar-refractivity contribution in [1.82, 2.24) is 0 Å². The highest BCUT2D eigenvalue weighted by atomic mass is 16.3. The smallest absolute Gasteiger partial charge is 0.138 e. The second-order valence-electron chi connectivity index (χ2n) is 3.41. The van der Waals surface area contributed by atoms with Gasteiger partial charge in [-0.15, -0.1) is 0 Å². The molecule has 0 heterocycles. The van der Waals surface area contributed by atoms with Crippen LogP contribution in [0.15, 0.2) is 60.8 Å². The molecule has 0 aliphatic carbocycles. The highest BCUT2D eigenvalue weighted by molar-refractivity contribution is 5.60. The number of phenolic OH excluding ortho intramolecular Hbond substituents is 1. The Morgan fingerprint density at radius 3 is 2.31 bits per heavy atom. The van der Waals surface area contributed by atoms with Gasteiger partial charge in [0.2, 0.25) is 0 Å². The van der Waals surface area contributed by atoms with E-state index in [1.807, 2.05) is 54.7 Å². The van der Waals surface area contributed by atoms with E-state index in [1.54, 1.807) is 12.1 Å².